The van der Waals surface area contributed by atoms with E-state index in [1.165, 1.54) is 17.7 Å². The van der Waals surface area contributed by atoms with Crippen LogP contribution >= 0.6 is 0 Å². The van der Waals surface area contributed by atoms with Crippen molar-refractivity contribution in [2.45, 2.75) is 39.5 Å². The summed E-state index contributed by atoms with van der Waals surface area (Å²) >= 11 is 0. The predicted octanol–water partition coefficient (Wildman–Crippen LogP) is 4.38. The molecule has 0 bridgehead atoms. The van der Waals surface area contributed by atoms with E-state index in [1.807, 2.05) is 6.92 Å². The number of aromatic hydroxyl groups is 1. The molecule has 0 saturated heterocycles. The summed E-state index contributed by atoms with van der Waals surface area (Å²) in [5.74, 6) is -0.0846. The Labute approximate surface area is 96.6 Å². The van der Waals surface area contributed by atoms with Crippen LogP contribution in [0.2, 0.25) is 0 Å². The van der Waals surface area contributed by atoms with Gasteiger partial charge in [0.1, 0.15) is 11.6 Å². The van der Waals surface area contributed by atoms with Crippen molar-refractivity contribution in [3.8, 4) is 5.75 Å². The summed E-state index contributed by atoms with van der Waals surface area (Å²) in [4.78, 5) is 0. The van der Waals surface area contributed by atoms with Crippen LogP contribution in [0.3, 0.4) is 0 Å². The fourth-order valence-electron chi connectivity index (χ4n) is 1.71. The molecule has 1 nitrogen and oxygen atoms in total. The molecule has 0 aromatic heterocycles. The van der Waals surface area contributed by atoms with Crippen LogP contribution in [0.4, 0.5) is 4.39 Å². The molecule has 88 valence electrons. The minimum absolute atomic E-state index is 0.0599. The van der Waals surface area contributed by atoms with Crippen molar-refractivity contribution >= 4 is 0 Å². The second-order valence-corrected chi connectivity index (χ2v) is 4.46. The smallest absolute Gasteiger partial charge is 0.126 e. The van der Waals surface area contributed by atoms with Gasteiger partial charge in [-0.3, -0.25) is 0 Å². The highest BCUT2D eigenvalue weighted by atomic mass is 19.1. The van der Waals surface area contributed by atoms with Gasteiger partial charge >= 0.3 is 0 Å². The van der Waals surface area contributed by atoms with Crippen molar-refractivity contribution in [3.63, 3.8) is 0 Å². The molecular formula is C14H19FO. The van der Waals surface area contributed by atoms with Crippen LogP contribution in [0.5, 0.6) is 5.75 Å². The van der Waals surface area contributed by atoms with Gasteiger partial charge in [0.05, 0.1) is 0 Å². The number of halogens is 1. The van der Waals surface area contributed by atoms with E-state index in [4.69, 9.17) is 0 Å². The number of benzene rings is 1. The summed E-state index contributed by atoms with van der Waals surface area (Å²) in [6.07, 6.45) is 4.13. The molecule has 0 aliphatic rings. The standard InChI is InChI=1S/C14H19FO/c1-10(2)5-4-6-11(3)13-8-7-12(15)9-14(13)16/h5,7-9,11,16H,4,6H2,1-3H3. The van der Waals surface area contributed by atoms with E-state index in [1.54, 1.807) is 6.07 Å². The van der Waals surface area contributed by atoms with Gasteiger partial charge in [-0.15, -0.1) is 0 Å². The number of hydrogen-bond acceptors (Lipinski definition) is 1. The van der Waals surface area contributed by atoms with Crippen molar-refractivity contribution in [1.29, 1.82) is 0 Å². The molecule has 16 heavy (non-hydrogen) atoms. The minimum atomic E-state index is -0.391. The number of hydrogen-bond donors (Lipinski definition) is 1. The first-order valence-electron chi connectivity index (χ1n) is 5.62. The quantitative estimate of drug-likeness (QED) is 0.749. The number of rotatable bonds is 4. The molecule has 0 heterocycles. The van der Waals surface area contributed by atoms with Crippen molar-refractivity contribution < 1.29 is 9.50 Å². The Kier molecular flexibility index (Phi) is 4.53. The average Bonchev–Trinajstić information content (AvgIpc) is 2.16. The lowest BCUT2D eigenvalue weighted by atomic mass is 9.95. The van der Waals surface area contributed by atoms with Crippen molar-refractivity contribution in [3.05, 3.63) is 41.2 Å². The van der Waals surface area contributed by atoms with Gasteiger partial charge in [-0.25, -0.2) is 4.39 Å². The highest BCUT2D eigenvalue weighted by Crippen LogP contribution is 2.29. The van der Waals surface area contributed by atoms with Crippen LogP contribution in [0.15, 0.2) is 29.8 Å². The molecule has 0 saturated carbocycles. The van der Waals surface area contributed by atoms with Gasteiger partial charge in [-0.05, 0) is 44.2 Å². The van der Waals surface area contributed by atoms with Gasteiger partial charge in [0, 0.05) is 6.07 Å². The Hall–Kier alpha value is -1.31. The topological polar surface area (TPSA) is 20.2 Å². The lowest BCUT2D eigenvalue weighted by Crippen LogP contribution is -1.94. The average molecular weight is 222 g/mol. The monoisotopic (exact) mass is 222 g/mol. The van der Waals surface area contributed by atoms with E-state index in [-0.39, 0.29) is 11.7 Å². The van der Waals surface area contributed by atoms with E-state index in [2.05, 4.69) is 19.9 Å². The molecular weight excluding hydrogens is 203 g/mol. The molecule has 2 heteroatoms. The summed E-state index contributed by atoms with van der Waals surface area (Å²) in [6.45, 7) is 6.19. The van der Waals surface area contributed by atoms with Gasteiger partial charge in [0.15, 0.2) is 0 Å². The predicted molar refractivity (Wildman–Crippen MR) is 65.1 cm³/mol. The van der Waals surface area contributed by atoms with Gasteiger partial charge in [-0.2, -0.15) is 0 Å². The maximum atomic E-state index is 12.8. The minimum Gasteiger partial charge on any atom is -0.508 e. The Balaban J connectivity index is 2.66. The molecule has 0 amide bonds. The van der Waals surface area contributed by atoms with Gasteiger partial charge in [0.25, 0.3) is 0 Å². The summed E-state index contributed by atoms with van der Waals surface area (Å²) in [7, 11) is 0. The third-order valence-electron chi connectivity index (χ3n) is 2.68. The van der Waals surface area contributed by atoms with Gasteiger partial charge in [0.2, 0.25) is 0 Å². The van der Waals surface area contributed by atoms with E-state index in [0.717, 1.165) is 18.4 Å². The summed E-state index contributed by atoms with van der Waals surface area (Å²) < 4.78 is 12.8. The first kappa shape index (κ1) is 12.8. The van der Waals surface area contributed by atoms with Gasteiger partial charge in [-0.1, -0.05) is 24.6 Å². The third kappa shape index (κ3) is 3.69. The first-order valence-corrected chi connectivity index (χ1v) is 5.62. The zero-order valence-electron chi connectivity index (χ0n) is 10.1. The van der Waals surface area contributed by atoms with Crippen LogP contribution in [0.25, 0.3) is 0 Å². The molecule has 1 N–H and O–H groups in total. The maximum Gasteiger partial charge on any atom is 0.126 e. The molecule has 0 aliphatic carbocycles. The fourth-order valence-corrected chi connectivity index (χ4v) is 1.71. The Morgan fingerprint density at radius 2 is 2.12 bits per heavy atom. The molecule has 1 atom stereocenters. The molecule has 1 rings (SSSR count). The lowest BCUT2D eigenvalue weighted by molar-refractivity contribution is 0.454. The molecule has 1 aromatic rings. The van der Waals surface area contributed by atoms with Crippen LogP contribution in [0.1, 0.15) is 45.1 Å². The molecule has 0 radical (unpaired) electrons. The van der Waals surface area contributed by atoms with E-state index >= 15 is 0 Å². The fraction of sp³-hybridized carbons (Fsp3) is 0.429. The molecule has 0 spiro atoms. The van der Waals surface area contributed by atoms with E-state index < -0.39 is 5.82 Å². The Morgan fingerprint density at radius 1 is 1.44 bits per heavy atom. The van der Waals surface area contributed by atoms with Crippen molar-refractivity contribution in [2.24, 2.45) is 0 Å². The van der Waals surface area contributed by atoms with Crippen molar-refractivity contribution in [2.75, 3.05) is 0 Å². The van der Waals surface area contributed by atoms with E-state index in [0.29, 0.717) is 0 Å². The third-order valence-corrected chi connectivity index (χ3v) is 2.68. The Bertz CT molecular complexity index is 378. The van der Waals surface area contributed by atoms with Crippen LogP contribution in [0, 0.1) is 5.82 Å². The van der Waals surface area contributed by atoms with E-state index in [9.17, 15) is 9.50 Å². The molecule has 0 aliphatic heterocycles. The van der Waals surface area contributed by atoms with Crippen LogP contribution < -0.4 is 0 Å². The largest absolute Gasteiger partial charge is 0.508 e. The highest BCUT2D eigenvalue weighted by molar-refractivity contribution is 5.35. The van der Waals surface area contributed by atoms with Crippen LogP contribution in [-0.4, -0.2) is 5.11 Å². The number of phenolic OH excluding ortho intramolecular Hbond substituents is 1. The lowest BCUT2D eigenvalue weighted by Gasteiger charge is -2.12. The number of phenols is 1. The first-order chi connectivity index (χ1) is 7.50. The molecule has 1 unspecified atom stereocenters. The summed E-state index contributed by atoms with van der Waals surface area (Å²) in [5, 5.41) is 9.61. The zero-order chi connectivity index (χ0) is 12.1. The zero-order valence-corrected chi connectivity index (χ0v) is 10.1. The molecule has 0 fully saturated rings. The molecule has 1 aromatic carbocycles. The Morgan fingerprint density at radius 3 is 2.69 bits per heavy atom. The highest BCUT2D eigenvalue weighted by Gasteiger charge is 2.10. The SMILES string of the molecule is CC(C)=CCCC(C)c1ccc(F)cc1O. The van der Waals surface area contributed by atoms with Crippen LogP contribution in [-0.2, 0) is 0 Å². The van der Waals surface area contributed by atoms with Gasteiger partial charge < -0.3 is 5.11 Å². The van der Waals surface area contributed by atoms with Crippen molar-refractivity contribution in [1.82, 2.24) is 0 Å². The second kappa shape index (κ2) is 5.69. The normalized spacial score (nSPS) is 12.2. The maximum absolute atomic E-state index is 12.8. The summed E-state index contributed by atoms with van der Waals surface area (Å²) in [5.41, 5.74) is 2.12. The number of allylic oxidation sites excluding steroid dienone is 2. The second-order valence-electron chi connectivity index (χ2n) is 4.46. The summed E-state index contributed by atoms with van der Waals surface area (Å²) in [6, 6.07) is 4.23.